The second-order valence-corrected chi connectivity index (χ2v) is 5.86. The smallest absolute Gasteiger partial charge is 0.200 e. The SMILES string of the molecule is CN(C)C(=Nc1cccc2ccc3ccccc3c12)N(C)C. The molecule has 0 aliphatic rings. The van der Waals surface area contributed by atoms with Gasteiger partial charge < -0.3 is 9.80 Å². The Morgan fingerprint density at radius 3 is 2.09 bits per heavy atom. The largest absolute Gasteiger partial charge is 0.349 e. The third-order valence-electron chi connectivity index (χ3n) is 3.77. The summed E-state index contributed by atoms with van der Waals surface area (Å²) in [6.07, 6.45) is 0. The predicted molar refractivity (Wildman–Crippen MR) is 95.9 cm³/mol. The van der Waals surface area contributed by atoms with Crippen LogP contribution in [0.4, 0.5) is 5.69 Å². The first-order valence-corrected chi connectivity index (χ1v) is 7.42. The molecule has 3 nitrogen and oxygen atoms in total. The van der Waals surface area contributed by atoms with Crippen LogP contribution in [0.5, 0.6) is 0 Å². The van der Waals surface area contributed by atoms with Gasteiger partial charge in [-0.3, -0.25) is 0 Å². The Morgan fingerprint density at radius 1 is 0.727 bits per heavy atom. The minimum Gasteiger partial charge on any atom is -0.349 e. The summed E-state index contributed by atoms with van der Waals surface area (Å²) in [6.45, 7) is 0. The summed E-state index contributed by atoms with van der Waals surface area (Å²) < 4.78 is 0. The summed E-state index contributed by atoms with van der Waals surface area (Å²) >= 11 is 0. The van der Waals surface area contributed by atoms with Crippen molar-refractivity contribution in [3.63, 3.8) is 0 Å². The fourth-order valence-electron chi connectivity index (χ4n) is 2.84. The van der Waals surface area contributed by atoms with E-state index in [1.54, 1.807) is 0 Å². The summed E-state index contributed by atoms with van der Waals surface area (Å²) in [6, 6.07) is 19.1. The fourth-order valence-corrected chi connectivity index (χ4v) is 2.84. The maximum atomic E-state index is 4.90. The third kappa shape index (κ3) is 2.50. The van der Waals surface area contributed by atoms with Crippen LogP contribution in [0.2, 0.25) is 0 Å². The lowest BCUT2D eigenvalue weighted by atomic mass is 10.0. The van der Waals surface area contributed by atoms with Gasteiger partial charge in [-0.25, -0.2) is 4.99 Å². The monoisotopic (exact) mass is 291 g/mol. The highest BCUT2D eigenvalue weighted by Gasteiger charge is 2.09. The Bertz CT molecular complexity index is 838. The first-order chi connectivity index (χ1) is 10.6. The Labute approximate surface area is 131 Å². The average Bonchev–Trinajstić information content (AvgIpc) is 2.51. The van der Waals surface area contributed by atoms with Crippen molar-refractivity contribution in [3.8, 4) is 0 Å². The summed E-state index contributed by atoms with van der Waals surface area (Å²) in [5.41, 5.74) is 1.01. The Balaban J connectivity index is 2.34. The molecule has 0 amide bonds. The number of hydrogen-bond acceptors (Lipinski definition) is 1. The lowest BCUT2D eigenvalue weighted by Crippen LogP contribution is -2.35. The summed E-state index contributed by atoms with van der Waals surface area (Å²) in [7, 11) is 8.06. The Morgan fingerprint density at radius 2 is 1.36 bits per heavy atom. The van der Waals surface area contributed by atoms with Crippen LogP contribution >= 0.6 is 0 Å². The molecule has 0 N–H and O–H groups in total. The van der Waals surface area contributed by atoms with Crippen LogP contribution in [0.25, 0.3) is 21.5 Å². The molecular weight excluding hydrogens is 270 g/mol. The van der Waals surface area contributed by atoms with Crippen LogP contribution in [-0.2, 0) is 0 Å². The molecule has 0 saturated heterocycles. The van der Waals surface area contributed by atoms with Gasteiger partial charge in [0.25, 0.3) is 0 Å². The fraction of sp³-hybridized carbons (Fsp3) is 0.211. The highest BCUT2D eigenvalue weighted by atomic mass is 15.3. The minimum atomic E-state index is 0.931. The molecule has 3 aromatic carbocycles. The number of guanidine groups is 1. The van der Waals surface area contributed by atoms with E-state index in [2.05, 4.69) is 54.6 Å². The number of rotatable bonds is 1. The molecule has 0 aliphatic carbocycles. The molecule has 0 radical (unpaired) electrons. The van der Waals surface area contributed by atoms with Gasteiger partial charge in [-0.1, -0.05) is 48.5 Å². The zero-order valence-corrected chi connectivity index (χ0v) is 13.5. The molecule has 3 aromatic rings. The maximum absolute atomic E-state index is 4.90. The molecule has 22 heavy (non-hydrogen) atoms. The Hall–Kier alpha value is -2.55. The average molecular weight is 291 g/mol. The highest BCUT2D eigenvalue weighted by Crippen LogP contribution is 2.33. The first-order valence-electron chi connectivity index (χ1n) is 7.42. The molecule has 0 atom stereocenters. The van der Waals surface area contributed by atoms with Crippen LogP contribution < -0.4 is 0 Å². The second-order valence-electron chi connectivity index (χ2n) is 5.86. The van der Waals surface area contributed by atoms with E-state index in [4.69, 9.17) is 4.99 Å². The number of nitrogens with zero attached hydrogens (tertiary/aromatic N) is 3. The zero-order valence-electron chi connectivity index (χ0n) is 13.5. The van der Waals surface area contributed by atoms with Gasteiger partial charge >= 0.3 is 0 Å². The van der Waals surface area contributed by atoms with Crippen molar-refractivity contribution in [2.45, 2.75) is 0 Å². The van der Waals surface area contributed by atoms with Crippen molar-refractivity contribution < 1.29 is 0 Å². The minimum absolute atomic E-state index is 0.931. The van der Waals surface area contributed by atoms with Gasteiger partial charge in [0.05, 0.1) is 5.69 Å². The number of fused-ring (bicyclic) bond motifs is 3. The quantitative estimate of drug-likeness (QED) is 0.382. The van der Waals surface area contributed by atoms with Crippen molar-refractivity contribution in [3.05, 3.63) is 54.6 Å². The normalized spacial score (nSPS) is 10.7. The molecular formula is C19H21N3. The van der Waals surface area contributed by atoms with E-state index in [1.165, 1.54) is 21.5 Å². The summed E-state index contributed by atoms with van der Waals surface area (Å²) in [5.74, 6) is 0.931. The van der Waals surface area contributed by atoms with Crippen molar-refractivity contribution in [2.24, 2.45) is 4.99 Å². The van der Waals surface area contributed by atoms with E-state index in [0.29, 0.717) is 0 Å². The number of benzene rings is 3. The molecule has 0 saturated carbocycles. The molecule has 0 heterocycles. The van der Waals surface area contributed by atoms with Crippen LogP contribution in [0, 0.1) is 0 Å². The van der Waals surface area contributed by atoms with Gasteiger partial charge in [-0.2, -0.15) is 0 Å². The number of hydrogen-bond donors (Lipinski definition) is 0. The van der Waals surface area contributed by atoms with E-state index >= 15 is 0 Å². The molecule has 0 bridgehead atoms. The zero-order chi connectivity index (χ0) is 15.7. The van der Waals surface area contributed by atoms with Crippen molar-refractivity contribution in [2.75, 3.05) is 28.2 Å². The number of aliphatic imine (C=N–C) groups is 1. The van der Waals surface area contributed by atoms with Gasteiger partial charge in [0.1, 0.15) is 0 Å². The lowest BCUT2D eigenvalue weighted by molar-refractivity contribution is 0.484. The molecule has 3 heteroatoms. The lowest BCUT2D eigenvalue weighted by Gasteiger charge is -2.23. The highest BCUT2D eigenvalue weighted by molar-refractivity contribution is 6.13. The van der Waals surface area contributed by atoms with Crippen LogP contribution in [0.15, 0.2) is 59.6 Å². The van der Waals surface area contributed by atoms with Crippen molar-refractivity contribution in [1.82, 2.24) is 9.80 Å². The van der Waals surface area contributed by atoms with E-state index < -0.39 is 0 Å². The van der Waals surface area contributed by atoms with Gasteiger partial charge in [0.15, 0.2) is 0 Å². The van der Waals surface area contributed by atoms with Crippen LogP contribution in [0.3, 0.4) is 0 Å². The van der Waals surface area contributed by atoms with Gasteiger partial charge in [-0.05, 0) is 22.2 Å². The van der Waals surface area contributed by atoms with Gasteiger partial charge in [-0.15, -0.1) is 0 Å². The second kappa shape index (κ2) is 5.68. The third-order valence-corrected chi connectivity index (χ3v) is 3.77. The Kier molecular flexibility index (Phi) is 3.72. The maximum Gasteiger partial charge on any atom is 0.200 e. The summed E-state index contributed by atoms with van der Waals surface area (Å²) in [5, 5.41) is 4.92. The molecule has 0 unspecified atom stereocenters. The molecule has 0 spiro atoms. The summed E-state index contributed by atoms with van der Waals surface area (Å²) in [4.78, 5) is 8.97. The standard InChI is InChI=1S/C19H21N3/c1-21(2)19(22(3)4)20-17-11-7-9-15-13-12-14-8-5-6-10-16(14)18(15)17/h5-13H,1-4H3. The first kappa shape index (κ1) is 14.4. The molecule has 112 valence electrons. The van der Waals surface area contributed by atoms with Crippen LogP contribution in [-0.4, -0.2) is 44.0 Å². The van der Waals surface area contributed by atoms with E-state index in [9.17, 15) is 0 Å². The topological polar surface area (TPSA) is 18.8 Å². The van der Waals surface area contributed by atoms with Gasteiger partial charge in [0, 0.05) is 33.6 Å². The molecule has 3 rings (SSSR count). The molecule has 0 aromatic heterocycles. The van der Waals surface area contributed by atoms with E-state index in [-0.39, 0.29) is 0 Å². The van der Waals surface area contributed by atoms with Crippen molar-refractivity contribution in [1.29, 1.82) is 0 Å². The predicted octanol–water partition coefficient (Wildman–Crippen LogP) is 4.10. The van der Waals surface area contributed by atoms with Crippen molar-refractivity contribution >= 4 is 33.2 Å². The van der Waals surface area contributed by atoms with Crippen LogP contribution in [0.1, 0.15) is 0 Å². The molecule has 0 aliphatic heterocycles. The van der Waals surface area contributed by atoms with Gasteiger partial charge in [0.2, 0.25) is 5.96 Å². The molecule has 0 fully saturated rings. The van der Waals surface area contributed by atoms with E-state index in [0.717, 1.165) is 11.6 Å². The van der Waals surface area contributed by atoms with E-state index in [1.807, 2.05) is 38.0 Å².